The summed E-state index contributed by atoms with van der Waals surface area (Å²) >= 11 is 1.48. The maximum Gasteiger partial charge on any atom is 0.271 e. The molecule has 0 unspecified atom stereocenters. The van der Waals surface area contributed by atoms with Crippen LogP contribution in [0.25, 0.3) is 10.3 Å². The summed E-state index contributed by atoms with van der Waals surface area (Å²) in [5.41, 5.74) is 1.32. The lowest BCUT2D eigenvalue weighted by Gasteiger charge is -2.39. The largest absolute Gasteiger partial charge is 0.368 e. The first-order valence-corrected chi connectivity index (χ1v) is 10.8. The van der Waals surface area contributed by atoms with Gasteiger partial charge in [0.25, 0.3) is 5.56 Å². The van der Waals surface area contributed by atoms with Crippen molar-refractivity contribution in [1.29, 1.82) is 5.26 Å². The maximum atomic E-state index is 13.3. The third-order valence-corrected chi connectivity index (χ3v) is 7.32. The van der Waals surface area contributed by atoms with Crippen LogP contribution < -0.4 is 15.4 Å². The predicted molar refractivity (Wildman–Crippen MR) is 115 cm³/mol. The third kappa shape index (κ3) is 2.86. The Morgan fingerprint density at radius 3 is 2.87 bits per heavy atom. The van der Waals surface area contributed by atoms with E-state index in [0.29, 0.717) is 17.6 Å². The molecule has 2 saturated heterocycles. The standard InChI is InChI=1S/C21H21FN6OS/c1-12-25-18-19(15(9-23)20(29)26(2)21(18)30-12)27-7-6-16-13(11-27)5-8-28(16)17-4-3-14(22)10-24-17/h3-4,10,13,16H,5-8,11H2,1-2H3/t13-,16+/m1/s1. The number of pyridine rings is 2. The smallest absolute Gasteiger partial charge is 0.271 e. The number of fused-ring (bicyclic) bond motifs is 2. The van der Waals surface area contributed by atoms with Crippen LogP contribution in [0.2, 0.25) is 0 Å². The maximum absolute atomic E-state index is 13.3. The highest BCUT2D eigenvalue weighted by atomic mass is 32.1. The van der Waals surface area contributed by atoms with Gasteiger partial charge in [-0.2, -0.15) is 5.26 Å². The Kier molecular flexibility index (Phi) is 4.47. The summed E-state index contributed by atoms with van der Waals surface area (Å²) in [6, 6.07) is 5.65. The summed E-state index contributed by atoms with van der Waals surface area (Å²) in [5.74, 6) is 0.860. The molecule has 2 fully saturated rings. The van der Waals surface area contributed by atoms with Crippen molar-refractivity contribution in [2.75, 3.05) is 29.4 Å². The van der Waals surface area contributed by atoms with E-state index in [1.54, 1.807) is 13.1 Å². The van der Waals surface area contributed by atoms with E-state index < -0.39 is 0 Å². The first kappa shape index (κ1) is 19.0. The van der Waals surface area contributed by atoms with Gasteiger partial charge in [0, 0.05) is 32.7 Å². The number of rotatable bonds is 2. The van der Waals surface area contributed by atoms with Crippen molar-refractivity contribution in [2.45, 2.75) is 25.8 Å². The molecule has 0 aromatic carbocycles. The van der Waals surface area contributed by atoms with Gasteiger partial charge in [0.15, 0.2) is 0 Å². The molecule has 0 aliphatic carbocycles. The summed E-state index contributed by atoms with van der Waals surface area (Å²) in [6.45, 7) is 4.28. The molecule has 3 aromatic rings. The van der Waals surface area contributed by atoms with Gasteiger partial charge in [-0.15, -0.1) is 11.3 Å². The van der Waals surface area contributed by atoms with E-state index in [1.807, 2.05) is 6.92 Å². The second-order valence-electron chi connectivity index (χ2n) is 7.97. The second-order valence-corrected chi connectivity index (χ2v) is 9.15. The van der Waals surface area contributed by atoms with E-state index in [0.717, 1.165) is 53.6 Å². The van der Waals surface area contributed by atoms with Gasteiger partial charge in [0.05, 0.1) is 16.9 Å². The van der Waals surface area contributed by atoms with Gasteiger partial charge in [-0.25, -0.2) is 14.4 Å². The highest BCUT2D eigenvalue weighted by molar-refractivity contribution is 7.18. The number of thiazole rings is 1. The van der Waals surface area contributed by atoms with Gasteiger partial charge in [0.2, 0.25) is 0 Å². The van der Waals surface area contributed by atoms with Crippen LogP contribution >= 0.6 is 11.3 Å². The Morgan fingerprint density at radius 1 is 1.30 bits per heavy atom. The monoisotopic (exact) mass is 424 g/mol. The average Bonchev–Trinajstić information content (AvgIpc) is 3.34. The lowest BCUT2D eigenvalue weighted by molar-refractivity contribution is 0.395. The number of hydrogen-bond acceptors (Lipinski definition) is 7. The van der Waals surface area contributed by atoms with Crippen molar-refractivity contribution in [1.82, 2.24) is 14.5 Å². The predicted octanol–water partition coefficient (Wildman–Crippen LogP) is 2.81. The van der Waals surface area contributed by atoms with Crippen molar-refractivity contribution in [3.05, 3.63) is 45.1 Å². The Hall–Kier alpha value is -2.99. The van der Waals surface area contributed by atoms with Gasteiger partial charge in [-0.05, 0) is 37.8 Å². The van der Waals surface area contributed by atoms with Crippen LogP contribution in [0.1, 0.15) is 23.4 Å². The van der Waals surface area contributed by atoms with E-state index in [-0.39, 0.29) is 16.9 Å². The lowest BCUT2D eigenvalue weighted by atomic mass is 9.92. The van der Waals surface area contributed by atoms with E-state index >= 15 is 0 Å². The summed E-state index contributed by atoms with van der Waals surface area (Å²) in [5, 5.41) is 10.6. The molecule has 30 heavy (non-hydrogen) atoms. The van der Waals surface area contributed by atoms with E-state index in [9.17, 15) is 14.4 Å². The van der Waals surface area contributed by atoms with Crippen molar-refractivity contribution in [2.24, 2.45) is 13.0 Å². The molecule has 2 aliphatic rings. The average molecular weight is 425 g/mol. The molecule has 2 atom stereocenters. The summed E-state index contributed by atoms with van der Waals surface area (Å²) in [6.07, 6.45) is 3.14. The van der Waals surface area contributed by atoms with Crippen LogP contribution in [-0.4, -0.2) is 40.2 Å². The van der Waals surface area contributed by atoms with E-state index in [1.165, 1.54) is 28.2 Å². The number of anilines is 2. The van der Waals surface area contributed by atoms with Gasteiger partial charge in [-0.1, -0.05) is 0 Å². The Balaban J connectivity index is 1.50. The van der Waals surface area contributed by atoms with Crippen LogP contribution in [0.4, 0.5) is 15.9 Å². The fourth-order valence-corrected chi connectivity index (χ4v) is 5.77. The summed E-state index contributed by atoms with van der Waals surface area (Å²) in [4.78, 5) is 27.0. The zero-order valence-corrected chi connectivity index (χ0v) is 17.6. The van der Waals surface area contributed by atoms with Crippen LogP contribution in [0.5, 0.6) is 0 Å². The minimum absolute atomic E-state index is 0.170. The Labute approximate surface area is 177 Å². The van der Waals surface area contributed by atoms with E-state index in [4.69, 9.17) is 0 Å². The molecule has 154 valence electrons. The van der Waals surface area contributed by atoms with Crippen LogP contribution in [0.3, 0.4) is 0 Å². The third-order valence-electron chi connectivity index (χ3n) is 6.27. The highest BCUT2D eigenvalue weighted by Crippen LogP contribution is 2.38. The van der Waals surface area contributed by atoms with Gasteiger partial charge < -0.3 is 14.4 Å². The first-order valence-electron chi connectivity index (χ1n) is 10.0. The number of aryl methyl sites for hydroxylation is 2. The molecule has 0 amide bonds. The molecule has 0 bridgehead atoms. The Bertz CT molecular complexity index is 1230. The fraction of sp³-hybridized carbons (Fsp3) is 0.429. The molecular weight excluding hydrogens is 403 g/mol. The zero-order valence-electron chi connectivity index (χ0n) is 16.8. The number of nitrogens with zero attached hydrogens (tertiary/aromatic N) is 6. The fourth-order valence-electron chi connectivity index (χ4n) is 4.90. The molecule has 9 heteroatoms. The van der Waals surface area contributed by atoms with E-state index in [2.05, 4.69) is 25.8 Å². The number of halogens is 1. The zero-order chi connectivity index (χ0) is 21.0. The molecular formula is C21H21FN6OS. The molecule has 3 aromatic heterocycles. The summed E-state index contributed by atoms with van der Waals surface area (Å²) in [7, 11) is 1.70. The van der Waals surface area contributed by atoms with Crippen molar-refractivity contribution in [3.63, 3.8) is 0 Å². The van der Waals surface area contributed by atoms with Crippen LogP contribution in [0, 0.1) is 30.0 Å². The summed E-state index contributed by atoms with van der Waals surface area (Å²) < 4.78 is 14.8. The van der Waals surface area contributed by atoms with Crippen LogP contribution in [0.15, 0.2) is 23.1 Å². The normalized spacial score (nSPS) is 21.1. The number of hydrogen-bond donors (Lipinski definition) is 0. The molecule has 0 saturated carbocycles. The molecule has 0 N–H and O–H groups in total. The quantitative estimate of drug-likeness (QED) is 0.630. The highest BCUT2D eigenvalue weighted by Gasteiger charge is 2.40. The van der Waals surface area contributed by atoms with Crippen LogP contribution in [-0.2, 0) is 7.05 Å². The number of aromatic nitrogens is 3. The van der Waals surface area contributed by atoms with Crippen molar-refractivity contribution in [3.8, 4) is 6.07 Å². The van der Waals surface area contributed by atoms with Crippen molar-refractivity contribution >= 4 is 33.2 Å². The minimum atomic E-state index is -0.332. The van der Waals surface area contributed by atoms with Gasteiger partial charge in [0.1, 0.15) is 33.6 Å². The number of nitriles is 1. The number of piperidine rings is 1. The second kappa shape index (κ2) is 7.06. The minimum Gasteiger partial charge on any atom is -0.368 e. The molecule has 0 spiro atoms. The molecule has 7 nitrogen and oxygen atoms in total. The molecule has 5 heterocycles. The van der Waals surface area contributed by atoms with Gasteiger partial charge in [-0.3, -0.25) is 4.79 Å². The SMILES string of the molecule is Cc1nc2c(N3CC[C@H]4[C@H](CCN4c4ccc(F)cn4)C3)c(C#N)c(=O)n(C)c2s1. The first-order chi connectivity index (χ1) is 14.5. The molecule has 5 rings (SSSR count). The topological polar surface area (TPSA) is 78.1 Å². The molecule has 2 aliphatic heterocycles. The van der Waals surface area contributed by atoms with Crippen molar-refractivity contribution < 1.29 is 4.39 Å². The van der Waals surface area contributed by atoms with Gasteiger partial charge >= 0.3 is 0 Å². The lowest BCUT2D eigenvalue weighted by Crippen LogP contribution is -2.47. The molecule has 0 radical (unpaired) electrons. The Morgan fingerprint density at radius 2 is 2.13 bits per heavy atom.